The molecule has 2 atom stereocenters. The predicted molar refractivity (Wildman–Crippen MR) is 103 cm³/mol. The fourth-order valence-electron chi connectivity index (χ4n) is 3.99. The number of carbonyl (C=O) groups excluding carboxylic acids is 2. The first kappa shape index (κ1) is 17.5. The number of rotatable bonds is 1. The van der Waals surface area contributed by atoms with Crippen LogP contribution in [0.4, 0.5) is 9.59 Å². The van der Waals surface area contributed by atoms with Gasteiger partial charge in [-0.3, -0.25) is 5.32 Å². The highest BCUT2D eigenvalue weighted by atomic mass is 16.6. The van der Waals surface area contributed by atoms with Crippen molar-refractivity contribution in [3.63, 3.8) is 0 Å². The minimum Gasteiger partial charge on any atom is -0.444 e. The van der Waals surface area contributed by atoms with E-state index in [0.29, 0.717) is 12.2 Å². The lowest BCUT2D eigenvalue weighted by atomic mass is 9.78. The number of amides is 3. The summed E-state index contributed by atoms with van der Waals surface area (Å²) >= 11 is 0. The number of urea groups is 1. The lowest BCUT2D eigenvalue weighted by Crippen LogP contribution is -2.54. The van der Waals surface area contributed by atoms with Crippen LogP contribution in [0, 0.1) is 0 Å². The maximum atomic E-state index is 12.5. The second-order valence-corrected chi connectivity index (χ2v) is 8.20. The summed E-state index contributed by atoms with van der Waals surface area (Å²) in [5, 5.41) is 9.90. The highest BCUT2D eigenvalue weighted by Crippen LogP contribution is 2.42. The molecule has 2 heterocycles. The zero-order valence-electron chi connectivity index (χ0n) is 15.9. The van der Waals surface area contributed by atoms with Crippen molar-refractivity contribution < 1.29 is 14.3 Å². The van der Waals surface area contributed by atoms with Crippen LogP contribution >= 0.6 is 0 Å². The minimum atomic E-state index is -0.770. The van der Waals surface area contributed by atoms with Crippen LogP contribution in [-0.2, 0) is 4.74 Å². The lowest BCUT2D eigenvalue weighted by molar-refractivity contribution is 0.0536. The number of benzene rings is 1. The average Bonchev–Trinajstić information content (AvgIpc) is 3.14. The van der Waals surface area contributed by atoms with Crippen molar-refractivity contribution in [1.82, 2.24) is 20.9 Å². The third-order valence-corrected chi connectivity index (χ3v) is 5.25. The first-order valence-corrected chi connectivity index (χ1v) is 9.08. The van der Waals surface area contributed by atoms with Gasteiger partial charge in [-0.2, -0.15) is 0 Å². The minimum absolute atomic E-state index is 0.0709. The summed E-state index contributed by atoms with van der Waals surface area (Å²) < 4.78 is 5.45. The van der Waals surface area contributed by atoms with E-state index >= 15 is 0 Å². The number of hydrogen-bond donors (Lipinski definition) is 4. The molecule has 1 aliphatic carbocycles. The summed E-state index contributed by atoms with van der Waals surface area (Å²) in [4.78, 5) is 27.9. The first-order chi connectivity index (χ1) is 12.7. The third kappa shape index (κ3) is 2.83. The van der Waals surface area contributed by atoms with Gasteiger partial charge in [0.05, 0.1) is 0 Å². The van der Waals surface area contributed by atoms with Gasteiger partial charge in [-0.15, -0.1) is 0 Å². The maximum absolute atomic E-state index is 12.5. The van der Waals surface area contributed by atoms with Gasteiger partial charge in [-0.1, -0.05) is 19.1 Å². The average molecular weight is 368 g/mol. The molecule has 0 unspecified atom stereocenters. The van der Waals surface area contributed by atoms with Crippen molar-refractivity contribution in [2.45, 2.75) is 44.8 Å². The standard InChI is InChI=1S/C20H24N4O3/c1-11-13-6-5-7-14-16(13)12(9-21-14)8-15(20(11)10-22-17(25)24-20)23-18(26)27-19(2,3)4/h5-9,11,21H,10H2,1-4H3,(H,23,26)(H2,22,24,25)/t11-,20-/m0/s1. The van der Waals surface area contributed by atoms with Gasteiger partial charge in [0.2, 0.25) is 0 Å². The molecule has 1 aromatic carbocycles. The van der Waals surface area contributed by atoms with Crippen molar-refractivity contribution in [3.05, 3.63) is 41.2 Å². The van der Waals surface area contributed by atoms with E-state index in [1.165, 1.54) is 0 Å². The van der Waals surface area contributed by atoms with Gasteiger partial charge in [0, 0.05) is 40.8 Å². The Kier molecular flexibility index (Phi) is 3.73. The monoisotopic (exact) mass is 368 g/mol. The molecule has 2 aromatic rings. The molecular weight excluding hydrogens is 344 g/mol. The van der Waals surface area contributed by atoms with Crippen molar-refractivity contribution in [2.24, 2.45) is 0 Å². The van der Waals surface area contributed by atoms with Crippen LogP contribution in [0.1, 0.15) is 44.7 Å². The fraction of sp³-hybridized carbons (Fsp3) is 0.400. The number of aromatic amines is 1. The molecule has 0 bridgehead atoms. The van der Waals surface area contributed by atoms with Crippen LogP contribution in [0.2, 0.25) is 0 Å². The van der Waals surface area contributed by atoms with E-state index in [2.05, 4.69) is 33.9 Å². The molecule has 4 rings (SSSR count). The topological polar surface area (TPSA) is 95.2 Å². The molecule has 1 spiro atoms. The summed E-state index contributed by atoms with van der Waals surface area (Å²) in [6.07, 6.45) is 3.29. The van der Waals surface area contributed by atoms with Crippen LogP contribution < -0.4 is 16.0 Å². The normalized spacial score (nSPS) is 24.2. The summed E-state index contributed by atoms with van der Waals surface area (Å²) in [5.74, 6) is -0.0709. The molecule has 1 aromatic heterocycles. The number of aromatic nitrogens is 1. The Morgan fingerprint density at radius 1 is 1.33 bits per heavy atom. The Morgan fingerprint density at radius 3 is 2.78 bits per heavy atom. The van der Waals surface area contributed by atoms with Crippen LogP contribution in [0.25, 0.3) is 17.0 Å². The number of carbonyl (C=O) groups is 2. The fourth-order valence-corrected chi connectivity index (χ4v) is 3.99. The number of H-pyrrole nitrogens is 1. The summed E-state index contributed by atoms with van der Waals surface area (Å²) in [6, 6.07) is 5.84. The quantitative estimate of drug-likeness (QED) is 0.622. The Morgan fingerprint density at radius 2 is 2.11 bits per heavy atom. The Balaban J connectivity index is 1.84. The van der Waals surface area contributed by atoms with Gasteiger partial charge in [-0.25, -0.2) is 9.59 Å². The summed E-state index contributed by atoms with van der Waals surface area (Å²) in [6.45, 7) is 7.89. The van der Waals surface area contributed by atoms with E-state index in [9.17, 15) is 9.59 Å². The molecule has 0 saturated carbocycles. The predicted octanol–water partition coefficient (Wildman–Crippen LogP) is 3.20. The largest absolute Gasteiger partial charge is 0.444 e. The van der Waals surface area contributed by atoms with Crippen molar-refractivity contribution in [1.29, 1.82) is 0 Å². The highest BCUT2D eigenvalue weighted by Gasteiger charge is 2.48. The zero-order chi connectivity index (χ0) is 19.4. The smallest absolute Gasteiger partial charge is 0.411 e. The van der Waals surface area contributed by atoms with Crippen LogP contribution in [0.5, 0.6) is 0 Å². The van der Waals surface area contributed by atoms with Gasteiger partial charge in [-0.05, 0) is 38.5 Å². The number of hydrogen-bond acceptors (Lipinski definition) is 3. The molecule has 142 valence electrons. The van der Waals surface area contributed by atoms with Crippen LogP contribution in [0.15, 0.2) is 30.1 Å². The van der Waals surface area contributed by atoms with Crippen LogP contribution in [-0.4, -0.2) is 34.8 Å². The van der Waals surface area contributed by atoms with E-state index in [0.717, 1.165) is 22.0 Å². The van der Waals surface area contributed by atoms with Crippen molar-refractivity contribution in [3.8, 4) is 0 Å². The SMILES string of the molecule is C[C@H]1c2cccc3[nH]cc(c23)C=C(NC(=O)OC(C)(C)C)[C@]12CNC(=O)N2. The Labute approximate surface area is 157 Å². The van der Waals surface area contributed by atoms with E-state index in [1.54, 1.807) is 0 Å². The number of ether oxygens (including phenoxy) is 1. The van der Waals surface area contributed by atoms with E-state index in [1.807, 2.05) is 45.2 Å². The highest BCUT2D eigenvalue weighted by molar-refractivity contribution is 5.95. The van der Waals surface area contributed by atoms with Gasteiger partial charge in [0.25, 0.3) is 0 Å². The Hall–Kier alpha value is -2.96. The molecule has 27 heavy (non-hydrogen) atoms. The van der Waals surface area contributed by atoms with Crippen molar-refractivity contribution >= 4 is 29.1 Å². The molecule has 1 fully saturated rings. The third-order valence-electron chi connectivity index (χ3n) is 5.25. The maximum Gasteiger partial charge on any atom is 0.411 e. The molecule has 7 nitrogen and oxygen atoms in total. The molecule has 4 N–H and O–H groups in total. The molecule has 0 radical (unpaired) electrons. The molecular formula is C20H24N4O3. The second kappa shape index (κ2) is 5.77. The van der Waals surface area contributed by atoms with Gasteiger partial charge >= 0.3 is 12.1 Å². The first-order valence-electron chi connectivity index (χ1n) is 9.08. The van der Waals surface area contributed by atoms with Gasteiger partial charge < -0.3 is 20.4 Å². The van der Waals surface area contributed by atoms with E-state index < -0.39 is 17.2 Å². The Bertz CT molecular complexity index is 969. The summed E-state index contributed by atoms with van der Waals surface area (Å²) in [7, 11) is 0. The van der Waals surface area contributed by atoms with Gasteiger partial charge in [0.15, 0.2) is 0 Å². The molecule has 1 aliphatic heterocycles. The summed E-state index contributed by atoms with van der Waals surface area (Å²) in [5.41, 5.74) is 2.34. The van der Waals surface area contributed by atoms with Crippen LogP contribution in [0.3, 0.4) is 0 Å². The molecule has 1 saturated heterocycles. The number of alkyl carbamates (subject to hydrolysis) is 1. The second-order valence-electron chi connectivity index (χ2n) is 8.20. The zero-order valence-corrected chi connectivity index (χ0v) is 15.9. The van der Waals surface area contributed by atoms with E-state index in [-0.39, 0.29) is 11.9 Å². The van der Waals surface area contributed by atoms with E-state index in [4.69, 9.17) is 4.74 Å². The lowest BCUT2D eigenvalue weighted by Gasteiger charge is -2.36. The molecule has 2 aliphatic rings. The molecule has 7 heteroatoms. The number of nitrogens with one attached hydrogen (secondary N) is 4. The molecule has 3 amide bonds. The van der Waals surface area contributed by atoms with Gasteiger partial charge in [0.1, 0.15) is 11.1 Å². The van der Waals surface area contributed by atoms with Crippen molar-refractivity contribution in [2.75, 3.05) is 6.54 Å².